The predicted octanol–water partition coefficient (Wildman–Crippen LogP) is 2.73. The minimum absolute atomic E-state index is 0.467. The summed E-state index contributed by atoms with van der Waals surface area (Å²) in [5.41, 5.74) is 7.69. The van der Waals surface area contributed by atoms with Gasteiger partial charge in [0.25, 0.3) is 0 Å². The van der Waals surface area contributed by atoms with Gasteiger partial charge in [0.05, 0.1) is 6.54 Å². The molecule has 56 valence electrons. The molecule has 0 fully saturated rings. The number of hydrogen-bond acceptors (Lipinski definition) is 2. The molecular formula is C9H10N2. The zero-order chi connectivity index (χ0) is 7.94. The van der Waals surface area contributed by atoms with E-state index in [0.717, 1.165) is 5.56 Å². The van der Waals surface area contributed by atoms with Crippen LogP contribution in [0.1, 0.15) is 5.56 Å². The van der Waals surface area contributed by atoms with Crippen molar-refractivity contribution in [3.05, 3.63) is 42.0 Å². The summed E-state index contributed by atoms with van der Waals surface area (Å²) in [5.74, 6) is 0. The first-order valence-electron chi connectivity index (χ1n) is 3.48. The maximum absolute atomic E-state index is 6.54. The molecule has 11 heavy (non-hydrogen) atoms. The van der Waals surface area contributed by atoms with Crippen LogP contribution < -0.4 is 0 Å². The topological polar surface area (TPSA) is 36.2 Å². The molecule has 0 aliphatic heterocycles. The fraction of sp³-hybridized carbons (Fsp3) is 0.111. The van der Waals surface area contributed by atoms with E-state index >= 15 is 0 Å². The second-order valence-corrected chi connectivity index (χ2v) is 2.15. The minimum atomic E-state index is 0.467. The van der Waals surface area contributed by atoms with E-state index in [-0.39, 0.29) is 0 Å². The zero-order valence-corrected chi connectivity index (χ0v) is 6.20. The van der Waals surface area contributed by atoms with Gasteiger partial charge in [0.15, 0.2) is 0 Å². The number of nitrogens with zero attached hydrogens (tertiary/aromatic N) is 1. The highest BCUT2D eigenvalue weighted by atomic mass is 14.9. The van der Waals surface area contributed by atoms with Crippen molar-refractivity contribution in [3.63, 3.8) is 0 Å². The molecule has 1 aromatic carbocycles. The Hall–Kier alpha value is -1.44. The maximum Gasteiger partial charge on any atom is 0.0780 e. The van der Waals surface area contributed by atoms with Crippen LogP contribution in [-0.4, -0.2) is 6.54 Å². The molecule has 0 atom stereocenters. The molecule has 0 aliphatic rings. The summed E-state index contributed by atoms with van der Waals surface area (Å²) < 4.78 is 0. The van der Waals surface area contributed by atoms with Crippen LogP contribution in [0.3, 0.4) is 0 Å². The number of rotatable bonds is 3. The van der Waals surface area contributed by atoms with Crippen LogP contribution in [0.15, 0.2) is 41.5 Å². The van der Waals surface area contributed by atoms with Crippen molar-refractivity contribution in [1.82, 2.24) is 0 Å². The quantitative estimate of drug-likeness (QED) is 0.636. The van der Waals surface area contributed by atoms with Crippen LogP contribution >= 0.6 is 0 Å². The molecule has 0 heterocycles. The average molecular weight is 146 g/mol. The van der Waals surface area contributed by atoms with Crippen LogP contribution in [0.4, 0.5) is 0 Å². The second kappa shape index (κ2) is 4.39. The van der Waals surface area contributed by atoms with Crippen LogP contribution in [-0.2, 0) is 0 Å². The molecule has 0 aromatic heterocycles. The van der Waals surface area contributed by atoms with E-state index in [2.05, 4.69) is 5.11 Å². The average Bonchev–Trinajstić information content (AvgIpc) is 2.07. The van der Waals surface area contributed by atoms with Crippen molar-refractivity contribution in [2.24, 2.45) is 5.11 Å². The highest BCUT2D eigenvalue weighted by Crippen LogP contribution is 2.00. The van der Waals surface area contributed by atoms with Crippen LogP contribution in [0, 0.1) is 5.53 Å². The van der Waals surface area contributed by atoms with Gasteiger partial charge in [-0.15, -0.1) is 0 Å². The molecule has 2 nitrogen and oxygen atoms in total. The van der Waals surface area contributed by atoms with E-state index < -0.39 is 0 Å². The molecule has 0 radical (unpaired) electrons. The third-order valence-corrected chi connectivity index (χ3v) is 1.31. The van der Waals surface area contributed by atoms with Gasteiger partial charge in [-0.1, -0.05) is 42.5 Å². The van der Waals surface area contributed by atoms with Gasteiger partial charge in [-0.25, -0.2) is 5.53 Å². The van der Waals surface area contributed by atoms with Gasteiger partial charge in [0.2, 0.25) is 0 Å². The molecule has 0 bridgehead atoms. The fourth-order valence-electron chi connectivity index (χ4n) is 0.806. The Kier molecular flexibility index (Phi) is 3.06. The molecule has 2 heteroatoms. The highest BCUT2D eigenvalue weighted by molar-refractivity contribution is 5.48. The first kappa shape index (κ1) is 7.66. The van der Waals surface area contributed by atoms with Gasteiger partial charge in [0.1, 0.15) is 0 Å². The van der Waals surface area contributed by atoms with Gasteiger partial charge in [-0.3, -0.25) is 0 Å². The van der Waals surface area contributed by atoms with Crippen molar-refractivity contribution in [1.29, 1.82) is 5.53 Å². The van der Waals surface area contributed by atoms with E-state index in [9.17, 15) is 0 Å². The number of hydrogen-bond donors (Lipinski definition) is 1. The fourth-order valence-corrected chi connectivity index (χ4v) is 0.806. The van der Waals surface area contributed by atoms with Crippen molar-refractivity contribution < 1.29 is 0 Å². The predicted molar refractivity (Wildman–Crippen MR) is 45.5 cm³/mol. The summed E-state index contributed by atoms with van der Waals surface area (Å²) in [6.07, 6.45) is 3.82. The third-order valence-electron chi connectivity index (χ3n) is 1.31. The van der Waals surface area contributed by atoms with Crippen molar-refractivity contribution in [3.8, 4) is 0 Å². The van der Waals surface area contributed by atoms with E-state index in [0.29, 0.717) is 6.54 Å². The van der Waals surface area contributed by atoms with E-state index in [1.54, 1.807) is 0 Å². The zero-order valence-electron chi connectivity index (χ0n) is 6.20. The molecule has 1 N–H and O–H groups in total. The lowest BCUT2D eigenvalue weighted by Gasteiger charge is -1.88. The number of nitrogens with one attached hydrogen (secondary N) is 1. The third kappa shape index (κ3) is 2.76. The van der Waals surface area contributed by atoms with Gasteiger partial charge in [0, 0.05) is 0 Å². The van der Waals surface area contributed by atoms with Crippen LogP contribution in [0.5, 0.6) is 0 Å². The first-order valence-corrected chi connectivity index (χ1v) is 3.48. The molecule has 0 spiro atoms. The van der Waals surface area contributed by atoms with Gasteiger partial charge in [-0.2, -0.15) is 5.11 Å². The Morgan fingerprint density at radius 3 is 2.64 bits per heavy atom. The Bertz CT molecular complexity index is 239. The molecule has 0 saturated carbocycles. The molecule has 0 aliphatic carbocycles. The SMILES string of the molecule is N=NCC=Cc1ccccc1. The Balaban J connectivity index is 2.57. The smallest absolute Gasteiger partial charge is 0.0780 e. The summed E-state index contributed by atoms with van der Waals surface area (Å²) >= 11 is 0. The number of benzene rings is 1. The molecule has 0 saturated heterocycles. The lowest BCUT2D eigenvalue weighted by Crippen LogP contribution is -1.70. The Morgan fingerprint density at radius 2 is 2.00 bits per heavy atom. The molecule has 0 unspecified atom stereocenters. The summed E-state index contributed by atoms with van der Waals surface area (Å²) in [5, 5.41) is 3.21. The van der Waals surface area contributed by atoms with Crippen molar-refractivity contribution >= 4 is 6.08 Å². The summed E-state index contributed by atoms with van der Waals surface area (Å²) in [6, 6.07) is 9.97. The van der Waals surface area contributed by atoms with Crippen LogP contribution in [0.2, 0.25) is 0 Å². The molecular weight excluding hydrogens is 136 g/mol. The Morgan fingerprint density at radius 1 is 1.27 bits per heavy atom. The lowest BCUT2D eigenvalue weighted by molar-refractivity contribution is 1.01. The largest absolute Gasteiger partial charge is 0.210 e. The normalized spacial score (nSPS) is 10.2. The summed E-state index contributed by atoms with van der Waals surface area (Å²) in [6.45, 7) is 0.467. The molecule has 1 rings (SSSR count). The maximum atomic E-state index is 6.54. The Labute approximate surface area is 66.1 Å². The minimum Gasteiger partial charge on any atom is -0.210 e. The standard InChI is InChI=1S/C9H10N2/c10-11-8-4-7-9-5-2-1-3-6-9/h1-7,10H,8H2. The van der Waals surface area contributed by atoms with E-state index in [1.807, 2.05) is 42.5 Å². The summed E-state index contributed by atoms with van der Waals surface area (Å²) in [7, 11) is 0. The second-order valence-electron chi connectivity index (χ2n) is 2.15. The molecule has 0 amide bonds. The lowest BCUT2D eigenvalue weighted by atomic mass is 10.2. The highest BCUT2D eigenvalue weighted by Gasteiger charge is 1.80. The van der Waals surface area contributed by atoms with Gasteiger partial charge in [-0.05, 0) is 5.56 Å². The monoisotopic (exact) mass is 146 g/mol. The van der Waals surface area contributed by atoms with E-state index in [4.69, 9.17) is 5.53 Å². The first-order chi connectivity index (χ1) is 5.43. The van der Waals surface area contributed by atoms with Crippen molar-refractivity contribution in [2.45, 2.75) is 0 Å². The molecule has 1 aromatic rings. The van der Waals surface area contributed by atoms with Gasteiger partial charge < -0.3 is 0 Å². The van der Waals surface area contributed by atoms with Crippen LogP contribution in [0.25, 0.3) is 6.08 Å². The summed E-state index contributed by atoms with van der Waals surface area (Å²) in [4.78, 5) is 0. The van der Waals surface area contributed by atoms with Gasteiger partial charge >= 0.3 is 0 Å². The van der Waals surface area contributed by atoms with Crippen molar-refractivity contribution in [2.75, 3.05) is 6.54 Å². The van der Waals surface area contributed by atoms with E-state index in [1.165, 1.54) is 0 Å².